The van der Waals surface area contributed by atoms with Crippen LogP contribution in [0.3, 0.4) is 0 Å². The first-order valence-corrected chi connectivity index (χ1v) is 20.0. The molecule has 9 rings (SSSR count). The molecule has 0 heterocycles. The van der Waals surface area contributed by atoms with E-state index in [0.717, 1.165) is 24.2 Å². The minimum Gasteiger partial charge on any atom is -1.00 e. The Hall–Kier alpha value is -1.66. The maximum Gasteiger partial charge on any atom is -1.00 e. The molecule has 266 valence electrons. The molecule has 5 aliphatic rings. The van der Waals surface area contributed by atoms with Crippen molar-refractivity contribution in [2.45, 2.75) is 125 Å². The van der Waals surface area contributed by atoms with Crippen molar-refractivity contribution in [3.63, 3.8) is 0 Å². The van der Waals surface area contributed by atoms with Gasteiger partial charge in [0.25, 0.3) is 0 Å². The molecule has 0 amide bonds. The molecule has 0 radical (unpaired) electrons. The predicted octanol–water partition coefficient (Wildman–Crippen LogP) is 6.13. The molecule has 0 nitrogen and oxygen atoms in total. The monoisotopic (exact) mass is 782 g/mol. The third kappa shape index (κ3) is 9.46. The van der Waals surface area contributed by atoms with Crippen LogP contribution < -0.4 is 24.8 Å². The minimum absolute atomic E-state index is 0. The normalized spacial score (nSPS) is 22.5. The number of rotatable bonds is 3. The van der Waals surface area contributed by atoms with Gasteiger partial charge >= 0.3 is 70.3 Å². The zero-order chi connectivity index (χ0) is 34.4. The van der Waals surface area contributed by atoms with E-state index in [2.05, 4.69) is 139 Å². The summed E-state index contributed by atoms with van der Waals surface area (Å²) in [6.45, 7) is 20.3. The first-order valence-electron chi connectivity index (χ1n) is 18.6. The fourth-order valence-electron chi connectivity index (χ4n) is 9.61. The van der Waals surface area contributed by atoms with Crippen molar-refractivity contribution >= 4 is 3.71 Å². The van der Waals surface area contributed by atoms with Crippen LogP contribution in [0.2, 0.25) is 0 Å². The van der Waals surface area contributed by atoms with E-state index in [9.17, 15) is 0 Å². The molecule has 3 heteroatoms. The number of benzene rings is 3. The van der Waals surface area contributed by atoms with Crippen LogP contribution in [0.15, 0.2) is 66.7 Å². The summed E-state index contributed by atoms with van der Waals surface area (Å²) >= 11 is 1.47. The summed E-state index contributed by atoms with van der Waals surface area (Å²) in [4.78, 5) is 0. The van der Waals surface area contributed by atoms with E-state index >= 15 is 0 Å². The average molecular weight is 785 g/mol. The van der Waals surface area contributed by atoms with Crippen LogP contribution in [0.25, 0.3) is 11.1 Å². The van der Waals surface area contributed by atoms with Crippen LogP contribution in [-0.2, 0) is 47.9 Å². The molecule has 0 spiro atoms. The number of halogens is 2. The van der Waals surface area contributed by atoms with Crippen LogP contribution >= 0.6 is 0 Å². The van der Waals surface area contributed by atoms with Crippen LogP contribution in [0.1, 0.15) is 130 Å². The minimum atomic E-state index is 0. The fourth-order valence-corrected chi connectivity index (χ4v) is 10.1. The van der Waals surface area contributed by atoms with E-state index in [-0.39, 0.29) is 35.6 Å². The van der Waals surface area contributed by atoms with Crippen LogP contribution in [0.4, 0.5) is 0 Å². The Morgan fingerprint density at radius 1 is 0.760 bits per heavy atom. The van der Waals surface area contributed by atoms with Gasteiger partial charge in [0.05, 0.1) is 0 Å². The average Bonchev–Trinajstić information content (AvgIpc) is 3.53. The Bertz CT molecular complexity index is 1660. The molecule has 4 aromatic rings. The zero-order valence-corrected chi connectivity index (χ0v) is 36.0. The van der Waals surface area contributed by atoms with Gasteiger partial charge in [-0.3, -0.25) is 0 Å². The van der Waals surface area contributed by atoms with Gasteiger partial charge in [0.15, 0.2) is 0 Å². The van der Waals surface area contributed by atoms with Gasteiger partial charge < -0.3 is 24.8 Å². The number of fused-ring (bicyclic) bond motifs is 3. The van der Waals surface area contributed by atoms with Gasteiger partial charge in [-0.2, -0.15) is 52.1 Å². The van der Waals surface area contributed by atoms with Crippen molar-refractivity contribution < 1.29 is 49.0 Å². The van der Waals surface area contributed by atoms with Gasteiger partial charge in [-0.05, 0) is 79.1 Å². The standard InChI is InChI=1S/C21H25.C18H25.C8H8.2ClH.Zr/c1-20(2,3)16-9-7-14-11-15-8-10-17(21(4,5)6)13-19(15)18(14)12-16;1-12-3-13(2)17(4-12)11-18-8-14-5-15(9-18)7-16(6-14)10-18;1-7-3-5-8(2)6-4-7;;;/h7,9-10,12-13H,11H2,1-6H3;3-4,14-16H,5-11H2,1-2H3;1,3-6H,2H3;2*1H;/q2*-1;;;;+2/p-2. The Morgan fingerprint density at radius 3 is 1.82 bits per heavy atom. The van der Waals surface area contributed by atoms with E-state index < -0.39 is 0 Å². The second-order valence-electron chi connectivity index (χ2n) is 18.2. The maximum atomic E-state index is 3.53. The van der Waals surface area contributed by atoms with E-state index in [1.807, 2.05) is 0 Å². The van der Waals surface area contributed by atoms with Crippen LogP contribution in [0.5, 0.6) is 0 Å². The number of aryl methyl sites for hydroxylation is 3. The summed E-state index contributed by atoms with van der Waals surface area (Å²) < 4.78 is 2.19. The Morgan fingerprint density at radius 2 is 1.32 bits per heavy atom. The Labute approximate surface area is 332 Å². The molecule has 4 bridgehead atoms. The number of hydrogen-bond donors (Lipinski definition) is 0. The van der Waals surface area contributed by atoms with Gasteiger partial charge in [-0.15, -0.1) is 5.56 Å². The van der Waals surface area contributed by atoms with Crippen molar-refractivity contribution in [2.24, 2.45) is 23.2 Å². The first kappa shape index (κ1) is 41.1. The molecule has 0 atom stereocenters. The third-order valence-electron chi connectivity index (χ3n) is 11.9. The summed E-state index contributed by atoms with van der Waals surface area (Å²) in [7, 11) is 0. The topological polar surface area (TPSA) is 0 Å². The molecule has 4 saturated carbocycles. The summed E-state index contributed by atoms with van der Waals surface area (Å²) in [6.07, 6.45) is 11.7. The molecule has 5 aliphatic carbocycles. The van der Waals surface area contributed by atoms with Crippen LogP contribution in [-0.4, -0.2) is 3.71 Å². The molecule has 0 aromatic heterocycles. The van der Waals surface area contributed by atoms with E-state index in [1.165, 1.54) is 80.7 Å². The van der Waals surface area contributed by atoms with Gasteiger partial charge in [0.2, 0.25) is 0 Å². The third-order valence-corrected chi connectivity index (χ3v) is 12.7. The SMILES string of the molecule is CC(C)(C)c1c[c-]c2c(c1)-c1cc(C(C)(C)C)ccc1C2.Cc1cc(CC23CC4CC(CC(C4)C2)C3)c(C)[cH-]1.Cc1ccc([CH]=[Zr+2])cc1.[Cl-].[Cl-]. The molecule has 0 unspecified atom stereocenters. The van der Waals surface area contributed by atoms with Crippen molar-refractivity contribution in [1.29, 1.82) is 0 Å². The van der Waals surface area contributed by atoms with Gasteiger partial charge in [-0.1, -0.05) is 96.6 Å². The number of hydrogen-bond acceptors (Lipinski definition) is 0. The summed E-state index contributed by atoms with van der Waals surface area (Å²) in [5.74, 6) is 3.27. The van der Waals surface area contributed by atoms with E-state index in [4.69, 9.17) is 0 Å². The summed E-state index contributed by atoms with van der Waals surface area (Å²) in [5.41, 5.74) is 16.8. The Balaban J connectivity index is 0.000000177. The Kier molecular flexibility index (Phi) is 13.3. The zero-order valence-electron chi connectivity index (χ0n) is 32.1. The molecule has 0 saturated heterocycles. The molecule has 0 aliphatic heterocycles. The van der Waals surface area contributed by atoms with E-state index in [0.29, 0.717) is 5.41 Å². The van der Waals surface area contributed by atoms with Gasteiger partial charge in [-0.25, -0.2) is 6.07 Å². The second-order valence-corrected chi connectivity index (χ2v) is 18.9. The van der Waals surface area contributed by atoms with E-state index in [1.54, 1.807) is 49.7 Å². The van der Waals surface area contributed by atoms with Crippen molar-refractivity contribution in [3.05, 3.63) is 123 Å². The fraction of sp³-hybridized carbons (Fsp3) is 0.489. The predicted molar refractivity (Wildman–Crippen MR) is 203 cm³/mol. The largest absolute Gasteiger partial charge is 1.00 e. The second kappa shape index (κ2) is 16.2. The molecule has 4 fully saturated rings. The molecule has 50 heavy (non-hydrogen) atoms. The van der Waals surface area contributed by atoms with Gasteiger partial charge in [0, 0.05) is 0 Å². The first-order chi connectivity index (χ1) is 22.6. The molecular weight excluding hydrogens is 727 g/mol. The molecule has 0 N–H and O–H groups in total. The molecule has 4 aromatic carbocycles. The van der Waals surface area contributed by atoms with Crippen molar-refractivity contribution in [3.8, 4) is 11.1 Å². The maximum absolute atomic E-state index is 3.53. The summed E-state index contributed by atoms with van der Waals surface area (Å²) in [5, 5.41) is 0. The van der Waals surface area contributed by atoms with Crippen molar-refractivity contribution in [2.75, 3.05) is 0 Å². The smallest absolute Gasteiger partial charge is 1.00 e. The quantitative estimate of drug-likeness (QED) is 0.193. The molecular formula is C47H58Cl2Zr-2. The van der Waals surface area contributed by atoms with Crippen molar-refractivity contribution in [1.82, 2.24) is 0 Å². The van der Waals surface area contributed by atoms with Crippen LogP contribution in [0, 0.1) is 50.0 Å². The summed E-state index contributed by atoms with van der Waals surface area (Å²) in [6, 6.07) is 28.4. The van der Waals surface area contributed by atoms with Gasteiger partial charge in [0.1, 0.15) is 0 Å².